The molecule has 4 aromatic rings. The molecule has 1 aliphatic rings. The first kappa shape index (κ1) is 42.4. The van der Waals surface area contributed by atoms with E-state index in [0.29, 0.717) is 11.5 Å². The van der Waals surface area contributed by atoms with Crippen LogP contribution < -0.4 is 20.5 Å². The second-order valence-corrected chi connectivity index (χ2v) is 15.0. The number of carbonyl (C=O) groups is 1. The van der Waals surface area contributed by atoms with Crippen molar-refractivity contribution in [1.29, 1.82) is 5.26 Å². The summed E-state index contributed by atoms with van der Waals surface area (Å²) in [6.07, 6.45) is -4.36. The van der Waals surface area contributed by atoms with Gasteiger partial charge in [0.2, 0.25) is 5.91 Å². The predicted molar refractivity (Wildman–Crippen MR) is 210 cm³/mol. The lowest BCUT2D eigenvalue weighted by molar-refractivity contribution is -0.114. The number of carbonyl (C=O) groups excluding carboxylic acids is 1. The van der Waals surface area contributed by atoms with Crippen LogP contribution in [0.4, 0.5) is 10.2 Å². The number of hydrogen-bond acceptors (Lipinski definition) is 11. The Morgan fingerprint density at radius 2 is 1.54 bits per heavy atom. The molecule has 1 aliphatic heterocycles. The summed E-state index contributed by atoms with van der Waals surface area (Å²) in [7, 11) is 1.24. The van der Waals surface area contributed by atoms with E-state index < -0.39 is 50.3 Å². The highest BCUT2D eigenvalue weighted by molar-refractivity contribution is 7.44. The number of halogens is 1. The molecule has 13 nitrogen and oxygen atoms in total. The van der Waals surface area contributed by atoms with Gasteiger partial charge in [0.15, 0.2) is 12.4 Å². The molecule has 3 aromatic carbocycles. The van der Waals surface area contributed by atoms with Crippen LogP contribution in [-0.2, 0) is 28.9 Å². The summed E-state index contributed by atoms with van der Waals surface area (Å²) in [5.74, 6) is 0.898. The van der Waals surface area contributed by atoms with Crippen molar-refractivity contribution < 1.29 is 37.2 Å². The summed E-state index contributed by atoms with van der Waals surface area (Å²) >= 11 is 0. The summed E-state index contributed by atoms with van der Waals surface area (Å²) < 4.78 is 57.5. The van der Waals surface area contributed by atoms with E-state index in [-0.39, 0.29) is 37.5 Å². The third-order valence-corrected chi connectivity index (χ3v) is 11.3. The maximum atomic E-state index is 17.1. The second-order valence-electron chi connectivity index (χ2n) is 13.6. The first-order valence-electron chi connectivity index (χ1n) is 18.3. The zero-order chi connectivity index (χ0) is 40.4. The molecule has 2 unspecified atom stereocenters. The molecular formula is C41H49FN5O8P. The minimum absolute atomic E-state index is 0.0189. The second kappa shape index (κ2) is 19.4. The molecule has 0 bridgehead atoms. The zero-order valence-corrected chi connectivity index (χ0v) is 33.5. The Kier molecular flexibility index (Phi) is 14.7. The summed E-state index contributed by atoms with van der Waals surface area (Å²) in [6.45, 7) is 9.06. The normalized spacial score (nSPS) is 18.9. The number of nitriles is 1. The van der Waals surface area contributed by atoms with Gasteiger partial charge in [0.25, 0.3) is 8.53 Å². The van der Waals surface area contributed by atoms with Gasteiger partial charge >= 0.3 is 5.69 Å². The van der Waals surface area contributed by atoms with Gasteiger partial charge in [-0.05, 0) is 74.7 Å². The Morgan fingerprint density at radius 3 is 2.04 bits per heavy atom. The van der Waals surface area contributed by atoms with Gasteiger partial charge < -0.3 is 33.3 Å². The van der Waals surface area contributed by atoms with Gasteiger partial charge in [-0.15, -0.1) is 0 Å². The Labute approximate surface area is 328 Å². The highest BCUT2D eigenvalue weighted by Crippen LogP contribution is 2.51. The molecule has 1 saturated heterocycles. The standard InChI is InChI=1S/C41H49FN5O8P/c1-27(2)47(28(3)4)56(53-25-11-23-43)55-38-35(54-39(37(38)42)46-24-22-36(44-29(5)48)45-40(46)49)26-52-41(30-12-9-8-10-13-30,31-14-18-33(50-6)19-15-31)32-16-20-34(51-7)21-17-32/h8-10,12-22,24,27-28,35,37-39H,11,25-26H2,1-7H3,(H,44,45,48,49)/t35-,37?,38-,39-,56?/m1/s1. The summed E-state index contributed by atoms with van der Waals surface area (Å²) in [4.78, 5) is 28.9. The maximum absolute atomic E-state index is 17.1. The number of benzene rings is 3. The van der Waals surface area contributed by atoms with E-state index in [1.165, 1.54) is 19.2 Å². The minimum Gasteiger partial charge on any atom is -0.497 e. The van der Waals surface area contributed by atoms with Crippen LogP contribution in [0.1, 0.15) is 64.0 Å². The van der Waals surface area contributed by atoms with Crippen LogP contribution >= 0.6 is 8.53 Å². The molecule has 1 aromatic heterocycles. The third-order valence-electron chi connectivity index (χ3n) is 9.19. The van der Waals surface area contributed by atoms with Gasteiger partial charge in [0, 0.05) is 25.2 Å². The van der Waals surface area contributed by atoms with Crippen molar-refractivity contribution in [2.75, 3.05) is 32.8 Å². The van der Waals surface area contributed by atoms with Crippen molar-refractivity contribution in [1.82, 2.24) is 14.2 Å². The first-order chi connectivity index (χ1) is 26.9. The molecule has 0 aliphatic carbocycles. The molecule has 56 heavy (non-hydrogen) atoms. The fourth-order valence-corrected chi connectivity index (χ4v) is 8.48. The summed E-state index contributed by atoms with van der Waals surface area (Å²) in [6, 6.07) is 28.0. The van der Waals surface area contributed by atoms with Crippen LogP contribution in [0.5, 0.6) is 11.5 Å². The highest BCUT2D eigenvalue weighted by Gasteiger charge is 2.51. The highest BCUT2D eigenvalue weighted by atomic mass is 31.2. The topological polar surface area (TPSA) is 146 Å². The molecule has 0 radical (unpaired) electrons. The average Bonchev–Trinajstić information content (AvgIpc) is 3.49. The lowest BCUT2D eigenvalue weighted by Gasteiger charge is -2.39. The number of rotatable bonds is 18. The number of aromatic nitrogens is 2. The number of nitrogens with one attached hydrogen (secondary N) is 1. The molecule has 5 atom stereocenters. The van der Waals surface area contributed by atoms with Crippen LogP contribution in [0.15, 0.2) is 95.9 Å². The van der Waals surface area contributed by atoms with Crippen LogP contribution in [0.2, 0.25) is 0 Å². The molecule has 2 heterocycles. The van der Waals surface area contributed by atoms with Crippen molar-refractivity contribution in [2.24, 2.45) is 0 Å². The molecular weight excluding hydrogens is 740 g/mol. The first-order valence-corrected chi connectivity index (χ1v) is 19.5. The van der Waals surface area contributed by atoms with Crippen molar-refractivity contribution in [3.05, 3.63) is 118 Å². The van der Waals surface area contributed by atoms with Crippen molar-refractivity contribution in [2.45, 2.75) is 83.3 Å². The fourth-order valence-electron chi connectivity index (χ4n) is 6.71. The SMILES string of the molecule is COc1ccc(C(OC[C@H]2O[C@@H](n3ccc(NC(C)=O)nc3=O)C(F)[C@@H]2OP(OCCC#N)N(C(C)C)C(C)C)(c2ccccc2)c2ccc(OC)cc2)cc1. The van der Waals surface area contributed by atoms with Crippen molar-refractivity contribution in [3.8, 4) is 17.6 Å². The Balaban J connectivity index is 1.62. The van der Waals surface area contributed by atoms with E-state index >= 15 is 4.39 Å². The van der Waals surface area contributed by atoms with Crippen LogP contribution in [0, 0.1) is 11.3 Å². The van der Waals surface area contributed by atoms with E-state index in [1.54, 1.807) is 14.2 Å². The van der Waals surface area contributed by atoms with Crippen LogP contribution in [0.25, 0.3) is 0 Å². The molecule has 5 rings (SSSR count). The predicted octanol–water partition coefficient (Wildman–Crippen LogP) is 7.12. The molecule has 15 heteroatoms. The average molecular weight is 790 g/mol. The number of hydrogen-bond donors (Lipinski definition) is 1. The van der Waals surface area contributed by atoms with E-state index in [9.17, 15) is 14.9 Å². The molecule has 1 fully saturated rings. The molecule has 1 N–H and O–H groups in total. The quantitative estimate of drug-likeness (QED) is 0.0625. The maximum Gasteiger partial charge on any atom is 0.351 e. The van der Waals surface area contributed by atoms with Gasteiger partial charge in [-0.25, -0.2) is 13.9 Å². The molecule has 298 valence electrons. The van der Waals surface area contributed by atoms with Crippen molar-refractivity contribution in [3.63, 3.8) is 0 Å². The van der Waals surface area contributed by atoms with Crippen LogP contribution in [-0.4, -0.2) is 78.0 Å². The van der Waals surface area contributed by atoms with E-state index in [1.807, 2.05) is 111 Å². The zero-order valence-electron chi connectivity index (χ0n) is 32.6. The smallest absolute Gasteiger partial charge is 0.351 e. The number of methoxy groups -OCH3 is 2. The van der Waals surface area contributed by atoms with E-state index in [2.05, 4.69) is 16.4 Å². The van der Waals surface area contributed by atoms with Gasteiger partial charge in [0.1, 0.15) is 35.1 Å². The third kappa shape index (κ3) is 9.61. The molecule has 0 saturated carbocycles. The minimum atomic E-state index is -1.94. The summed E-state index contributed by atoms with van der Waals surface area (Å²) in [5.41, 5.74) is 0.172. The molecule has 1 amide bonds. The number of amides is 1. The fraction of sp³-hybridized carbons (Fsp3) is 0.415. The van der Waals surface area contributed by atoms with Crippen molar-refractivity contribution >= 4 is 20.3 Å². The van der Waals surface area contributed by atoms with E-state index in [0.717, 1.165) is 21.3 Å². The number of alkyl halides is 1. The molecule has 0 spiro atoms. The monoisotopic (exact) mass is 789 g/mol. The Hall–Kier alpha value is -4.74. The lowest BCUT2D eigenvalue weighted by Crippen LogP contribution is -2.41. The van der Waals surface area contributed by atoms with E-state index in [4.69, 9.17) is 28.0 Å². The summed E-state index contributed by atoms with van der Waals surface area (Å²) in [5, 5.41) is 11.8. The van der Waals surface area contributed by atoms with Gasteiger partial charge in [-0.2, -0.15) is 10.2 Å². The number of ether oxygens (including phenoxy) is 4. The Morgan fingerprint density at radius 1 is 0.964 bits per heavy atom. The number of nitrogens with zero attached hydrogens (tertiary/aromatic N) is 4. The number of anilines is 1. The van der Waals surface area contributed by atoms with Gasteiger partial charge in [-0.1, -0.05) is 54.6 Å². The van der Waals surface area contributed by atoms with Gasteiger partial charge in [-0.3, -0.25) is 9.36 Å². The van der Waals surface area contributed by atoms with Crippen LogP contribution in [0.3, 0.4) is 0 Å². The Bertz CT molecular complexity index is 1920. The lowest BCUT2D eigenvalue weighted by atomic mass is 9.80. The largest absolute Gasteiger partial charge is 0.497 e. The van der Waals surface area contributed by atoms with Gasteiger partial charge in [0.05, 0.1) is 39.9 Å².